The van der Waals surface area contributed by atoms with E-state index in [1.165, 1.54) is 4.90 Å². The Labute approximate surface area is 115 Å². The van der Waals surface area contributed by atoms with Crippen LogP contribution < -0.4 is 10.1 Å². The first-order chi connectivity index (χ1) is 9.61. The van der Waals surface area contributed by atoms with E-state index < -0.39 is 24.6 Å². The molecule has 2 rings (SSSR count). The van der Waals surface area contributed by atoms with Crippen LogP contribution in [-0.2, 0) is 11.3 Å². The number of ether oxygens (including phenoxy) is 1. The van der Waals surface area contributed by atoms with Crippen LogP contribution in [0.2, 0.25) is 0 Å². The summed E-state index contributed by atoms with van der Waals surface area (Å²) in [6.07, 6.45) is 0. The number of fused-ring (bicyclic) bond motifs is 1. The summed E-state index contributed by atoms with van der Waals surface area (Å²) in [4.78, 5) is 24.3. The Bertz CT molecular complexity index is 505. The van der Waals surface area contributed by atoms with Crippen molar-refractivity contribution in [1.29, 1.82) is 0 Å². The molecule has 0 saturated carbocycles. The highest BCUT2D eigenvalue weighted by Gasteiger charge is 2.24. The Morgan fingerprint density at radius 1 is 1.40 bits per heavy atom. The maximum atomic E-state index is 12.0. The number of aliphatic carboxylic acids is 1. The smallest absolute Gasteiger partial charge is 0.328 e. The number of aliphatic hydroxyl groups excluding tert-OH is 1. The van der Waals surface area contributed by atoms with Crippen molar-refractivity contribution >= 4 is 12.0 Å². The van der Waals surface area contributed by atoms with E-state index in [0.29, 0.717) is 19.7 Å². The summed E-state index contributed by atoms with van der Waals surface area (Å²) in [6, 6.07) is 5.53. The minimum absolute atomic E-state index is 0.333. The minimum Gasteiger partial charge on any atom is -0.491 e. The zero-order chi connectivity index (χ0) is 14.5. The number of nitrogens with zero attached hydrogens (tertiary/aromatic N) is 1. The van der Waals surface area contributed by atoms with Gasteiger partial charge in [0, 0.05) is 5.56 Å². The fraction of sp³-hybridized carbons (Fsp3) is 0.385. The molecule has 1 aromatic carbocycles. The van der Waals surface area contributed by atoms with Gasteiger partial charge in [-0.3, -0.25) is 0 Å². The molecule has 0 aromatic heterocycles. The summed E-state index contributed by atoms with van der Waals surface area (Å²) in [6.45, 7) is 0.362. The highest BCUT2D eigenvalue weighted by Crippen LogP contribution is 2.22. The Morgan fingerprint density at radius 3 is 2.85 bits per heavy atom. The van der Waals surface area contributed by atoms with Crippen LogP contribution in [0.25, 0.3) is 0 Å². The molecule has 0 radical (unpaired) electrons. The maximum Gasteiger partial charge on any atom is 0.328 e. The average Bonchev–Trinajstić information content (AvgIpc) is 2.66. The lowest BCUT2D eigenvalue weighted by Crippen LogP contribution is -2.49. The zero-order valence-corrected chi connectivity index (χ0v) is 10.8. The van der Waals surface area contributed by atoms with Gasteiger partial charge < -0.3 is 25.2 Å². The molecule has 0 spiro atoms. The fourth-order valence-corrected chi connectivity index (χ4v) is 1.92. The van der Waals surface area contributed by atoms with E-state index in [1.807, 2.05) is 24.3 Å². The number of para-hydroxylation sites is 1. The summed E-state index contributed by atoms with van der Waals surface area (Å²) >= 11 is 0. The average molecular weight is 280 g/mol. The number of nitrogens with one attached hydrogen (secondary N) is 1. The molecule has 108 valence electrons. The summed E-state index contributed by atoms with van der Waals surface area (Å²) in [5.41, 5.74) is 0.857. The molecule has 0 bridgehead atoms. The second kappa shape index (κ2) is 6.25. The van der Waals surface area contributed by atoms with Gasteiger partial charge in [-0.05, 0) is 6.07 Å². The van der Waals surface area contributed by atoms with Crippen molar-refractivity contribution in [2.75, 3.05) is 19.8 Å². The Kier molecular flexibility index (Phi) is 4.41. The van der Waals surface area contributed by atoms with Gasteiger partial charge in [-0.2, -0.15) is 0 Å². The molecule has 1 atom stereocenters. The molecule has 7 nitrogen and oxygen atoms in total. The molecule has 20 heavy (non-hydrogen) atoms. The lowest BCUT2D eigenvalue weighted by atomic mass is 10.2. The molecule has 7 heteroatoms. The standard InChI is InChI=1S/C13H16N2O5/c16-8-10(12(17)18)14-13(19)15-5-6-20-11-4-2-1-3-9(11)7-15/h1-4,10,16H,5-8H2,(H,14,19)(H,17,18). The number of rotatable bonds is 3. The van der Waals surface area contributed by atoms with Crippen molar-refractivity contribution < 1.29 is 24.5 Å². The number of benzene rings is 1. The number of aliphatic hydroxyl groups is 1. The zero-order valence-electron chi connectivity index (χ0n) is 10.8. The molecule has 1 aromatic rings. The number of carboxylic acid groups (broad SMARTS) is 1. The van der Waals surface area contributed by atoms with Crippen molar-refractivity contribution in [3.05, 3.63) is 29.8 Å². The van der Waals surface area contributed by atoms with Crippen LogP contribution in [0, 0.1) is 0 Å². The SMILES string of the molecule is O=C(O)C(CO)NC(=O)N1CCOc2ccccc2C1. The summed E-state index contributed by atoms with van der Waals surface area (Å²) in [5.74, 6) is -0.549. The second-order valence-corrected chi connectivity index (χ2v) is 4.40. The lowest BCUT2D eigenvalue weighted by molar-refractivity contribution is -0.140. The van der Waals surface area contributed by atoms with Gasteiger partial charge in [0.1, 0.15) is 12.4 Å². The van der Waals surface area contributed by atoms with Crippen LogP contribution >= 0.6 is 0 Å². The van der Waals surface area contributed by atoms with Gasteiger partial charge in [0.05, 0.1) is 19.7 Å². The molecule has 0 fully saturated rings. The molecule has 1 heterocycles. The third kappa shape index (κ3) is 3.18. The van der Waals surface area contributed by atoms with Gasteiger partial charge in [-0.15, -0.1) is 0 Å². The molecular weight excluding hydrogens is 264 g/mol. The number of hydrogen-bond donors (Lipinski definition) is 3. The third-order valence-corrected chi connectivity index (χ3v) is 3.02. The summed E-state index contributed by atoms with van der Waals surface area (Å²) in [7, 11) is 0. The second-order valence-electron chi connectivity index (χ2n) is 4.40. The Hall–Kier alpha value is -2.28. The summed E-state index contributed by atoms with van der Waals surface area (Å²) < 4.78 is 5.52. The highest BCUT2D eigenvalue weighted by molar-refractivity contribution is 5.82. The van der Waals surface area contributed by atoms with Gasteiger partial charge in [0.2, 0.25) is 0 Å². The Morgan fingerprint density at radius 2 is 2.15 bits per heavy atom. The van der Waals surface area contributed by atoms with Crippen LogP contribution in [0.5, 0.6) is 5.75 Å². The van der Waals surface area contributed by atoms with Crippen molar-refractivity contribution in [2.24, 2.45) is 0 Å². The van der Waals surface area contributed by atoms with Crippen LogP contribution in [0.3, 0.4) is 0 Å². The van der Waals surface area contributed by atoms with Gasteiger partial charge in [-0.1, -0.05) is 18.2 Å². The highest BCUT2D eigenvalue weighted by atomic mass is 16.5. The number of urea groups is 1. The molecule has 1 unspecified atom stereocenters. The van der Waals surface area contributed by atoms with E-state index >= 15 is 0 Å². The normalized spacial score (nSPS) is 15.6. The first kappa shape index (κ1) is 14.1. The number of hydrogen-bond acceptors (Lipinski definition) is 4. The van der Waals surface area contributed by atoms with E-state index in [4.69, 9.17) is 14.9 Å². The number of carbonyl (C=O) groups is 2. The predicted octanol–water partition coefficient (Wildman–Crippen LogP) is 0.0361. The van der Waals surface area contributed by atoms with Crippen LogP contribution in [0.15, 0.2) is 24.3 Å². The lowest BCUT2D eigenvalue weighted by Gasteiger charge is -2.22. The molecule has 0 aliphatic carbocycles. The van der Waals surface area contributed by atoms with E-state index in [9.17, 15) is 9.59 Å². The van der Waals surface area contributed by atoms with Gasteiger partial charge in [0.25, 0.3) is 0 Å². The van der Waals surface area contributed by atoms with Gasteiger partial charge in [0.15, 0.2) is 6.04 Å². The fourth-order valence-electron chi connectivity index (χ4n) is 1.92. The van der Waals surface area contributed by atoms with E-state index in [-0.39, 0.29) is 0 Å². The van der Waals surface area contributed by atoms with Crippen molar-refractivity contribution in [3.63, 3.8) is 0 Å². The molecule has 2 amide bonds. The minimum atomic E-state index is -1.30. The van der Waals surface area contributed by atoms with Crippen LogP contribution in [0.1, 0.15) is 5.56 Å². The van der Waals surface area contributed by atoms with E-state index in [1.54, 1.807) is 0 Å². The molecule has 1 aliphatic heterocycles. The number of carboxylic acids is 1. The van der Waals surface area contributed by atoms with Crippen LogP contribution in [-0.4, -0.2) is 52.9 Å². The number of carbonyl (C=O) groups excluding carboxylic acids is 1. The maximum absolute atomic E-state index is 12.0. The third-order valence-electron chi connectivity index (χ3n) is 3.02. The molecule has 1 aliphatic rings. The van der Waals surface area contributed by atoms with Crippen molar-refractivity contribution in [1.82, 2.24) is 10.2 Å². The first-order valence-electron chi connectivity index (χ1n) is 6.21. The van der Waals surface area contributed by atoms with Crippen LogP contribution in [0.4, 0.5) is 4.79 Å². The summed E-state index contributed by atoms with van der Waals surface area (Å²) in [5, 5.41) is 20.0. The Balaban J connectivity index is 2.06. The predicted molar refractivity (Wildman–Crippen MR) is 69.4 cm³/mol. The van der Waals surface area contributed by atoms with Crippen molar-refractivity contribution in [3.8, 4) is 5.75 Å². The number of amides is 2. The van der Waals surface area contributed by atoms with Gasteiger partial charge in [-0.25, -0.2) is 9.59 Å². The van der Waals surface area contributed by atoms with Gasteiger partial charge >= 0.3 is 12.0 Å². The molecule has 0 saturated heterocycles. The topological polar surface area (TPSA) is 99.1 Å². The first-order valence-corrected chi connectivity index (χ1v) is 6.21. The molecular formula is C13H16N2O5. The quantitative estimate of drug-likeness (QED) is 0.726. The monoisotopic (exact) mass is 280 g/mol. The largest absolute Gasteiger partial charge is 0.491 e. The van der Waals surface area contributed by atoms with Crippen molar-refractivity contribution in [2.45, 2.75) is 12.6 Å². The van der Waals surface area contributed by atoms with E-state index in [0.717, 1.165) is 11.3 Å². The molecule has 3 N–H and O–H groups in total. The van der Waals surface area contributed by atoms with E-state index in [2.05, 4.69) is 5.32 Å².